The first kappa shape index (κ1) is 12.5. The molecule has 0 radical (unpaired) electrons. The van der Waals surface area contributed by atoms with Crippen LogP contribution in [0.3, 0.4) is 0 Å². The van der Waals surface area contributed by atoms with Gasteiger partial charge in [0.15, 0.2) is 0 Å². The van der Waals surface area contributed by atoms with E-state index in [1.54, 1.807) is 23.5 Å². The van der Waals surface area contributed by atoms with Crippen molar-refractivity contribution in [3.8, 4) is 0 Å². The highest BCUT2D eigenvalue weighted by atomic mass is 32.3. The van der Waals surface area contributed by atoms with Crippen LogP contribution in [0.2, 0.25) is 0 Å². The van der Waals surface area contributed by atoms with Crippen molar-refractivity contribution in [1.29, 1.82) is 0 Å². The summed E-state index contributed by atoms with van der Waals surface area (Å²) in [6.07, 6.45) is 0.901. The van der Waals surface area contributed by atoms with Crippen LogP contribution in [0.5, 0.6) is 0 Å². The lowest BCUT2D eigenvalue weighted by molar-refractivity contribution is 0.383. The Hall–Kier alpha value is -0.550. The molecule has 0 saturated heterocycles. The summed E-state index contributed by atoms with van der Waals surface area (Å²) in [7, 11) is -1.05. The molecular formula is C11H19NO2S. The molecule has 86 valence electrons. The number of hydrogen-bond donors (Lipinski definition) is 2. The largest absolute Gasteiger partial charge is 0.281 e. The maximum absolute atomic E-state index is 10.0. The highest BCUT2D eigenvalue weighted by molar-refractivity contribution is 8.22. The molecule has 0 saturated carbocycles. The van der Waals surface area contributed by atoms with Crippen molar-refractivity contribution in [3.63, 3.8) is 0 Å². The van der Waals surface area contributed by atoms with Gasteiger partial charge in [0.1, 0.15) is 0 Å². The predicted octanol–water partition coefficient (Wildman–Crippen LogP) is 3.36. The van der Waals surface area contributed by atoms with E-state index in [1.807, 2.05) is 26.0 Å². The third kappa shape index (κ3) is 2.95. The molecule has 0 aliphatic heterocycles. The fourth-order valence-electron chi connectivity index (χ4n) is 1.34. The Kier molecular flexibility index (Phi) is 4.16. The summed E-state index contributed by atoms with van der Waals surface area (Å²) in [5.41, 5.74) is 1.12. The Morgan fingerprint density at radius 2 is 1.73 bits per heavy atom. The maximum atomic E-state index is 10.0. The van der Waals surface area contributed by atoms with Gasteiger partial charge in [0.05, 0.1) is 4.90 Å². The van der Waals surface area contributed by atoms with Crippen molar-refractivity contribution in [2.45, 2.75) is 25.2 Å². The molecule has 0 fully saturated rings. The standard InChI is InChI=1S/C11H19NO2S/c1-4-9-12(3)15(13,14)11-7-5-10(2)6-8-11/h5-8,13-14H,4,9H2,1-3H3. The van der Waals surface area contributed by atoms with Crippen molar-refractivity contribution >= 4 is 10.8 Å². The molecule has 1 aromatic carbocycles. The van der Waals surface area contributed by atoms with Crippen LogP contribution in [0.25, 0.3) is 0 Å². The molecule has 3 nitrogen and oxygen atoms in total. The van der Waals surface area contributed by atoms with E-state index in [0.29, 0.717) is 11.4 Å². The summed E-state index contributed by atoms with van der Waals surface area (Å²) >= 11 is 0. The van der Waals surface area contributed by atoms with E-state index in [0.717, 1.165) is 12.0 Å². The predicted molar refractivity (Wildman–Crippen MR) is 65.2 cm³/mol. The monoisotopic (exact) mass is 229 g/mol. The molecule has 0 aliphatic rings. The lowest BCUT2D eigenvalue weighted by Gasteiger charge is -2.40. The summed E-state index contributed by atoms with van der Waals surface area (Å²) in [5.74, 6) is 0. The highest BCUT2D eigenvalue weighted by Crippen LogP contribution is 2.50. The summed E-state index contributed by atoms with van der Waals surface area (Å²) in [6.45, 7) is 4.67. The van der Waals surface area contributed by atoms with Gasteiger partial charge in [0, 0.05) is 13.6 Å². The van der Waals surface area contributed by atoms with Gasteiger partial charge in [-0.15, -0.1) is 10.8 Å². The average Bonchev–Trinajstić information content (AvgIpc) is 2.18. The van der Waals surface area contributed by atoms with Gasteiger partial charge in [-0.3, -0.25) is 9.11 Å². The van der Waals surface area contributed by atoms with E-state index >= 15 is 0 Å². The Morgan fingerprint density at radius 3 is 2.20 bits per heavy atom. The highest BCUT2D eigenvalue weighted by Gasteiger charge is 2.20. The number of benzene rings is 1. The minimum Gasteiger partial charge on any atom is -0.281 e. The van der Waals surface area contributed by atoms with E-state index in [4.69, 9.17) is 0 Å². The molecule has 0 amide bonds. The van der Waals surface area contributed by atoms with Crippen LogP contribution in [-0.4, -0.2) is 27.0 Å². The zero-order valence-corrected chi connectivity index (χ0v) is 10.3. The maximum Gasteiger partial charge on any atom is 0.0752 e. The molecule has 0 aliphatic carbocycles. The Morgan fingerprint density at radius 1 is 1.20 bits per heavy atom. The van der Waals surface area contributed by atoms with Gasteiger partial charge in [0.2, 0.25) is 0 Å². The number of hydrogen-bond acceptors (Lipinski definition) is 3. The van der Waals surface area contributed by atoms with Gasteiger partial charge in [-0.1, -0.05) is 24.6 Å². The Labute approximate surface area is 93.2 Å². The Balaban J connectivity index is 2.89. The summed E-state index contributed by atoms with van der Waals surface area (Å²) < 4.78 is 21.7. The topological polar surface area (TPSA) is 43.7 Å². The van der Waals surface area contributed by atoms with E-state index < -0.39 is 10.8 Å². The van der Waals surface area contributed by atoms with Crippen LogP contribution in [0.4, 0.5) is 0 Å². The van der Waals surface area contributed by atoms with Gasteiger partial charge >= 0.3 is 0 Å². The molecule has 0 bridgehead atoms. The molecule has 0 atom stereocenters. The van der Waals surface area contributed by atoms with Crippen LogP contribution in [0.15, 0.2) is 29.2 Å². The first-order valence-electron chi connectivity index (χ1n) is 5.04. The van der Waals surface area contributed by atoms with Crippen LogP contribution >= 0.6 is 10.8 Å². The third-order valence-electron chi connectivity index (χ3n) is 2.31. The molecule has 0 heterocycles. The van der Waals surface area contributed by atoms with Crippen molar-refractivity contribution in [3.05, 3.63) is 29.8 Å². The number of rotatable bonds is 4. The molecule has 2 N–H and O–H groups in total. The average molecular weight is 229 g/mol. The zero-order chi connectivity index (χ0) is 11.5. The number of aryl methyl sites for hydroxylation is 1. The SMILES string of the molecule is CCCN(C)S(O)(O)c1ccc(C)cc1. The van der Waals surface area contributed by atoms with Crippen LogP contribution in [0, 0.1) is 6.92 Å². The van der Waals surface area contributed by atoms with E-state index in [9.17, 15) is 9.11 Å². The van der Waals surface area contributed by atoms with Crippen molar-refractivity contribution in [2.24, 2.45) is 0 Å². The second-order valence-electron chi connectivity index (χ2n) is 3.68. The molecule has 4 heteroatoms. The van der Waals surface area contributed by atoms with Crippen molar-refractivity contribution < 1.29 is 9.11 Å². The molecule has 0 unspecified atom stereocenters. The Bertz CT molecular complexity index is 311. The lowest BCUT2D eigenvalue weighted by Crippen LogP contribution is -2.24. The van der Waals surface area contributed by atoms with Crippen molar-refractivity contribution in [2.75, 3.05) is 13.6 Å². The first-order chi connectivity index (χ1) is 6.98. The quantitative estimate of drug-likeness (QED) is 0.832. The van der Waals surface area contributed by atoms with Gasteiger partial charge in [-0.05, 0) is 25.5 Å². The number of nitrogens with zero attached hydrogens (tertiary/aromatic N) is 1. The zero-order valence-electron chi connectivity index (χ0n) is 9.47. The fraction of sp³-hybridized carbons (Fsp3) is 0.455. The second-order valence-corrected chi connectivity index (χ2v) is 5.82. The second kappa shape index (κ2) is 4.99. The molecular weight excluding hydrogens is 210 g/mol. The molecule has 0 spiro atoms. The third-order valence-corrected chi connectivity index (χ3v) is 4.27. The van der Waals surface area contributed by atoms with Gasteiger partial charge in [-0.2, -0.15) is 0 Å². The minimum absolute atomic E-state index is 0.587. The summed E-state index contributed by atoms with van der Waals surface area (Å²) in [6, 6.07) is 7.33. The van der Waals surface area contributed by atoms with Crippen LogP contribution in [0.1, 0.15) is 18.9 Å². The molecule has 15 heavy (non-hydrogen) atoms. The molecule has 1 aromatic rings. The molecule has 0 aromatic heterocycles. The van der Waals surface area contributed by atoms with Gasteiger partial charge in [0.25, 0.3) is 0 Å². The van der Waals surface area contributed by atoms with Crippen molar-refractivity contribution in [1.82, 2.24) is 4.31 Å². The minimum atomic E-state index is -2.78. The summed E-state index contributed by atoms with van der Waals surface area (Å²) in [4.78, 5) is 0.587. The lowest BCUT2D eigenvalue weighted by atomic mass is 10.2. The van der Waals surface area contributed by atoms with E-state index in [2.05, 4.69) is 0 Å². The van der Waals surface area contributed by atoms with E-state index in [1.165, 1.54) is 0 Å². The summed E-state index contributed by atoms with van der Waals surface area (Å²) in [5, 5.41) is 0. The molecule has 1 rings (SSSR count). The van der Waals surface area contributed by atoms with E-state index in [-0.39, 0.29) is 0 Å². The van der Waals surface area contributed by atoms with Crippen LogP contribution < -0.4 is 0 Å². The van der Waals surface area contributed by atoms with Gasteiger partial charge in [-0.25, -0.2) is 4.31 Å². The fourth-order valence-corrected chi connectivity index (χ4v) is 2.64. The first-order valence-corrected chi connectivity index (χ1v) is 6.55. The van der Waals surface area contributed by atoms with Gasteiger partial charge < -0.3 is 0 Å². The van der Waals surface area contributed by atoms with Crippen LogP contribution in [-0.2, 0) is 0 Å². The smallest absolute Gasteiger partial charge is 0.0752 e. The normalized spacial score (nSPS) is 13.2.